The highest BCUT2D eigenvalue weighted by atomic mass is 32.2. The molecule has 0 saturated carbocycles. The van der Waals surface area contributed by atoms with E-state index in [1.54, 1.807) is 19.2 Å². The Labute approximate surface area is 115 Å². The first kappa shape index (κ1) is 16.1. The number of methoxy groups -OCH3 is 1. The summed E-state index contributed by atoms with van der Waals surface area (Å²) in [6.07, 6.45) is 1.63. The summed E-state index contributed by atoms with van der Waals surface area (Å²) in [5, 5.41) is 0. The number of nitrogens with two attached hydrogens (primary N) is 1. The quantitative estimate of drug-likeness (QED) is 0.663. The second-order valence-electron chi connectivity index (χ2n) is 4.37. The monoisotopic (exact) mass is 286 g/mol. The third-order valence-corrected chi connectivity index (χ3v) is 4.07. The van der Waals surface area contributed by atoms with Crippen LogP contribution in [0, 0.1) is 0 Å². The van der Waals surface area contributed by atoms with Crippen LogP contribution in [-0.4, -0.2) is 28.7 Å². The third kappa shape index (κ3) is 6.68. The summed E-state index contributed by atoms with van der Waals surface area (Å²) in [7, 11) is -1.63. The molecule has 1 aromatic rings. The molecule has 0 aliphatic carbocycles. The lowest BCUT2D eigenvalue weighted by molar-refractivity contribution is 0.193. The molecule has 0 unspecified atom stereocenters. The van der Waals surface area contributed by atoms with Crippen LogP contribution in [0.15, 0.2) is 24.3 Å². The Morgan fingerprint density at radius 1 is 1.16 bits per heavy atom. The van der Waals surface area contributed by atoms with Crippen molar-refractivity contribution in [2.75, 3.05) is 20.3 Å². The second kappa shape index (κ2) is 8.27. The molecule has 1 rings (SSSR count). The van der Waals surface area contributed by atoms with Crippen LogP contribution in [0.4, 0.5) is 0 Å². The Morgan fingerprint density at radius 2 is 1.79 bits per heavy atom. The number of hydrogen-bond donors (Lipinski definition) is 2. The van der Waals surface area contributed by atoms with Crippen LogP contribution in [0.2, 0.25) is 0 Å². The smallest absolute Gasteiger partial charge is 0.215 e. The molecule has 0 amide bonds. The predicted octanol–water partition coefficient (Wildman–Crippen LogP) is 0.991. The standard InChI is InChI=1S/C13H22N2O3S/c1-18-9-3-2-8-15-19(16,17)11-13-6-4-12(10-14)5-7-13/h4-7,15H,2-3,8-11,14H2,1H3. The van der Waals surface area contributed by atoms with Crippen LogP contribution < -0.4 is 10.5 Å². The van der Waals surface area contributed by atoms with Crippen LogP contribution in [0.25, 0.3) is 0 Å². The van der Waals surface area contributed by atoms with Gasteiger partial charge in [0.1, 0.15) is 0 Å². The van der Waals surface area contributed by atoms with E-state index in [1.807, 2.05) is 12.1 Å². The van der Waals surface area contributed by atoms with E-state index < -0.39 is 10.0 Å². The molecule has 0 radical (unpaired) electrons. The van der Waals surface area contributed by atoms with E-state index in [9.17, 15) is 8.42 Å². The maximum atomic E-state index is 11.8. The van der Waals surface area contributed by atoms with Gasteiger partial charge in [-0.1, -0.05) is 24.3 Å². The minimum absolute atomic E-state index is 0.00211. The largest absolute Gasteiger partial charge is 0.385 e. The average molecular weight is 286 g/mol. The van der Waals surface area contributed by atoms with E-state index >= 15 is 0 Å². The zero-order valence-electron chi connectivity index (χ0n) is 11.3. The molecule has 0 aromatic heterocycles. The maximum absolute atomic E-state index is 11.8. The maximum Gasteiger partial charge on any atom is 0.215 e. The fourth-order valence-electron chi connectivity index (χ4n) is 1.64. The van der Waals surface area contributed by atoms with Crippen LogP contribution in [0.3, 0.4) is 0 Å². The molecule has 0 spiro atoms. The van der Waals surface area contributed by atoms with Crippen LogP contribution in [-0.2, 0) is 27.1 Å². The van der Waals surface area contributed by atoms with Crippen LogP contribution >= 0.6 is 0 Å². The van der Waals surface area contributed by atoms with E-state index in [-0.39, 0.29) is 5.75 Å². The third-order valence-electron chi connectivity index (χ3n) is 2.71. The molecule has 19 heavy (non-hydrogen) atoms. The normalized spacial score (nSPS) is 11.7. The molecule has 108 valence electrons. The minimum atomic E-state index is -3.26. The molecule has 5 nitrogen and oxygen atoms in total. The molecule has 0 saturated heterocycles. The van der Waals surface area contributed by atoms with Crippen LogP contribution in [0.1, 0.15) is 24.0 Å². The molecule has 6 heteroatoms. The fourth-order valence-corrected chi connectivity index (χ4v) is 2.83. The van der Waals surface area contributed by atoms with E-state index in [0.717, 1.165) is 24.0 Å². The van der Waals surface area contributed by atoms with Gasteiger partial charge >= 0.3 is 0 Å². The minimum Gasteiger partial charge on any atom is -0.385 e. The lowest BCUT2D eigenvalue weighted by Crippen LogP contribution is -2.26. The summed E-state index contributed by atoms with van der Waals surface area (Å²) >= 11 is 0. The highest BCUT2D eigenvalue weighted by molar-refractivity contribution is 7.88. The van der Waals surface area contributed by atoms with Crippen molar-refractivity contribution >= 4 is 10.0 Å². The first-order chi connectivity index (χ1) is 9.07. The zero-order valence-corrected chi connectivity index (χ0v) is 12.1. The van der Waals surface area contributed by atoms with Crippen molar-refractivity contribution in [2.45, 2.75) is 25.1 Å². The Bertz CT molecular complexity index is 457. The first-order valence-electron chi connectivity index (χ1n) is 6.31. The molecular formula is C13H22N2O3S. The lowest BCUT2D eigenvalue weighted by atomic mass is 10.1. The molecule has 0 fully saturated rings. The number of nitrogens with one attached hydrogen (secondary N) is 1. The van der Waals surface area contributed by atoms with Gasteiger partial charge in [0.2, 0.25) is 10.0 Å². The van der Waals surface area contributed by atoms with Gasteiger partial charge in [-0.3, -0.25) is 0 Å². The van der Waals surface area contributed by atoms with Crippen molar-refractivity contribution in [3.05, 3.63) is 35.4 Å². The predicted molar refractivity (Wildman–Crippen MR) is 76.1 cm³/mol. The van der Waals surface area contributed by atoms with Gasteiger partial charge in [0.05, 0.1) is 5.75 Å². The lowest BCUT2D eigenvalue weighted by Gasteiger charge is -2.07. The van der Waals surface area contributed by atoms with Crippen molar-refractivity contribution in [1.29, 1.82) is 0 Å². The summed E-state index contributed by atoms with van der Waals surface area (Å²) < 4.78 is 31.1. The molecule has 3 N–H and O–H groups in total. The first-order valence-corrected chi connectivity index (χ1v) is 7.97. The van der Waals surface area contributed by atoms with Crippen LogP contribution in [0.5, 0.6) is 0 Å². The highest BCUT2D eigenvalue weighted by Gasteiger charge is 2.10. The molecule has 0 aliphatic heterocycles. The number of rotatable bonds is 9. The SMILES string of the molecule is COCCCCNS(=O)(=O)Cc1ccc(CN)cc1. The van der Waals surface area contributed by atoms with E-state index in [2.05, 4.69) is 4.72 Å². The van der Waals surface area contributed by atoms with Crippen molar-refractivity contribution in [2.24, 2.45) is 5.73 Å². The van der Waals surface area contributed by atoms with Crippen molar-refractivity contribution in [3.8, 4) is 0 Å². The molecular weight excluding hydrogens is 264 g/mol. The van der Waals surface area contributed by atoms with E-state index in [4.69, 9.17) is 10.5 Å². The van der Waals surface area contributed by atoms with Crippen molar-refractivity contribution < 1.29 is 13.2 Å². The molecule has 0 heterocycles. The number of benzene rings is 1. The highest BCUT2D eigenvalue weighted by Crippen LogP contribution is 2.07. The van der Waals surface area contributed by atoms with Crippen molar-refractivity contribution in [3.63, 3.8) is 0 Å². The molecule has 0 bridgehead atoms. The van der Waals surface area contributed by atoms with Gasteiger partial charge < -0.3 is 10.5 Å². The zero-order chi connectivity index (χ0) is 14.1. The Morgan fingerprint density at radius 3 is 2.37 bits per heavy atom. The van der Waals surface area contributed by atoms with Gasteiger partial charge in [0.15, 0.2) is 0 Å². The summed E-state index contributed by atoms with van der Waals surface area (Å²) in [4.78, 5) is 0. The number of hydrogen-bond acceptors (Lipinski definition) is 4. The summed E-state index contributed by atoms with van der Waals surface area (Å²) in [5.74, 6) is 0.00211. The topological polar surface area (TPSA) is 81.4 Å². The fraction of sp³-hybridized carbons (Fsp3) is 0.538. The Hall–Kier alpha value is -0.950. The molecule has 0 aliphatic rings. The summed E-state index contributed by atoms with van der Waals surface area (Å²) in [6, 6.07) is 7.30. The van der Waals surface area contributed by atoms with Crippen molar-refractivity contribution in [1.82, 2.24) is 4.72 Å². The second-order valence-corrected chi connectivity index (χ2v) is 6.18. The summed E-state index contributed by atoms with van der Waals surface area (Å²) in [6.45, 7) is 1.57. The Balaban J connectivity index is 2.40. The molecule has 0 atom stereocenters. The van der Waals surface area contributed by atoms with Gasteiger partial charge in [-0.15, -0.1) is 0 Å². The van der Waals surface area contributed by atoms with Gasteiger partial charge in [-0.05, 0) is 24.0 Å². The van der Waals surface area contributed by atoms with E-state index in [1.165, 1.54) is 0 Å². The number of sulfonamides is 1. The molecule has 1 aromatic carbocycles. The summed E-state index contributed by atoms with van der Waals surface area (Å²) in [5.41, 5.74) is 7.25. The van der Waals surface area contributed by atoms with Gasteiger partial charge in [0.25, 0.3) is 0 Å². The average Bonchev–Trinajstić information content (AvgIpc) is 2.39. The Kier molecular flexibility index (Phi) is 7.01. The van der Waals surface area contributed by atoms with Gasteiger partial charge in [0, 0.05) is 26.8 Å². The van der Waals surface area contributed by atoms with Gasteiger partial charge in [-0.25, -0.2) is 13.1 Å². The number of unbranched alkanes of at least 4 members (excludes halogenated alkanes) is 1. The number of ether oxygens (including phenoxy) is 1. The van der Waals surface area contributed by atoms with Gasteiger partial charge in [-0.2, -0.15) is 0 Å². The van der Waals surface area contributed by atoms with E-state index in [0.29, 0.717) is 19.7 Å².